The smallest absolute Gasteiger partial charge is 0.155 e. The molecule has 0 spiro atoms. The van der Waals surface area contributed by atoms with Crippen molar-refractivity contribution in [2.24, 2.45) is 0 Å². The number of aromatic nitrogens is 2. The van der Waals surface area contributed by atoms with Crippen LogP contribution in [0.1, 0.15) is 13.8 Å². The summed E-state index contributed by atoms with van der Waals surface area (Å²) < 4.78 is 4.82. The van der Waals surface area contributed by atoms with Gasteiger partial charge in [-0.3, -0.25) is 4.79 Å². The second kappa shape index (κ2) is 9.90. The topological polar surface area (TPSA) is 55.1 Å². The molecule has 0 aliphatic carbocycles. The van der Waals surface area contributed by atoms with Gasteiger partial charge < -0.3 is 14.7 Å². The molecule has 4 nitrogen and oxygen atoms in total. The predicted molar refractivity (Wildman–Crippen MR) is 137 cm³/mol. The van der Waals surface area contributed by atoms with E-state index in [0.29, 0.717) is 0 Å². The number of hydrogen-bond acceptors (Lipinski definition) is 4. The first kappa shape index (κ1) is 23.8. The molecule has 6 aromatic rings. The van der Waals surface area contributed by atoms with Crippen LogP contribution in [0.5, 0.6) is 0 Å². The first-order valence-electron chi connectivity index (χ1n) is 10.6. The molecule has 171 valence electrons. The van der Waals surface area contributed by atoms with Crippen molar-refractivity contribution in [1.29, 1.82) is 0 Å². The number of allylic oxidation sites excluding steroid dienone is 2. The van der Waals surface area contributed by atoms with E-state index in [1.165, 1.54) is 56.8 Å². The van der Waals surface area contributed by atoms with Crippen LogP contribution in [0.3, 0.4) is 0 Å². The number of ketones is 1. The number of para-hydroxylation sites is 1. The Morgan fingerprint density at radius 3 is 2.38 bits per heavy atom. The number of aliphatic hydroxyl groups excluding tert-OH is 1. The molecule has 0 amide bonds. The molecule has 34 heavy (non-hydrogen) atoms. The Morgan fingerprint density at radius 2 is 1.68 bits per heavy atom. The molecule has 3 heterocycles. The third-order valence-electron chi connectivity index (χ3n) is 5.37. The maximum atomic E-state index is 10.0. The fourth-order valence-corrected chi connectivity index (χ4v) is 5.30. The Labute approximate surface area is 214 Å². The molecule has 0 saturated carbocycles. The minimum atomic E-state index is -0.125. The van der Waals surface area contributed by atoms with Gasteiger partial charge in [-0.15, -0.1) is 29.7 Å². The molecule has 6 rings (SSSR count). The average molecular weight is 642 g/mol. The zero-order valence-electron chi connectivity index (χ0n) is 18.6. The van der Waals surface area contributed by atoms with Crippen molar-refractivity contribution in [1.82, 2.24) is 9.55 Å². The predicted octanol–water partition coefficient (Wildman–Crippen LogP) is 7.38. The van der Waals surface area contributed by atoms with Gasteiger partial charge in [-0.05, 0) is 55.1 Å². The van der Waals surface area contributed by atoms with Crippen LogP contribution in [-0.4, -0.2) is 20.4 Å². The minimum Gasteiger partial charge on any atom is -0.512 e. The van der Waals surface area contributed by atoms with E-state index in [2.05, 4.69) is 71.3 Å². The third-order valence-corrected chi connectivity index (χ3v) is 6.49. The molecule has 0 aliphatic heterocycles. The van der Waals surface area contributed by atoms with E-state index in [4.69, 9.17) is 10.1 Å². The van der Waals surface area contributed by atoms with Gasteiger partial charge in [-0.1, -0.05) is 29.0 Å². The normalized spacial score (nSPS) is 11.4. The van der Waals surface area contributed by atoms with Crippen LogP contribution < -0.4 is 0 Å². The zero-order chi connectivity index (χ0) is 22.9. The van der Waals surface area contributed by atoms with Gasteiger partial charge in [0.15, 0.2) is 5.78 Å². The molecule has 0 unspecified atom stereocenters. The summed E-state index contributed by atoms with van der Waals surface area (Å²) in [6.45, 7) is 2.85. The van der Waals surface area contributed by atoms with Crippen molar-refractivity contribution < 1.29 is 30.0 Å². The van der Waals surface area contributed by atoms with Gasteiger partial charge in [-0.2, -0.15) is 11.3 Å². The van der Waals surface area contributed by atoms with Crippen molar-refractivity contribution in [3.05, 3.63) is 96.9 Å². The number of fused-ring (bicyclic) bond motifs is 2. The quantitative estimate of drug-likeness (QED) is 0.122. The van der Waals surface area contributed by atoms with Crippen molar-refractivity contribution in [2.75, 3.05) is 0 Å². The van der Waals surface area contributed by atoms with E-state index in [9.17, 15) is 4.79 Å². The van der Waals surface area contributed by atoms with Gasteiger partial charge in [0.1, 0.15) is 0 Å². The molecule has 0 aliphatic rings. The van der Waals surface area contributed by atoms with Crippen LogP contribution in [0, 0.1) is 6.07 Å². The van der Waals surface area contributed by atoms with Crippen LogP contribution in [0.4, 0.5) is 0 Å². The minimum absolute atomic E-state index is 0. The molecule has 0 fully saturated rings. The zero-order valence-corrected chi connectivity index (χ0v) is 21.8. The van der Waals surface area contributed by atoms with Crippen LogP contribution in [-0.2, 0) is 24.9 Å². The van der Waals surface area contributed by atoms with E-state index < -0.39 is 0 Å². The van der Waals surface area contributed by atoms with Crippen LogP contribution >= 0.6 is 11.3 Å². The van der Waals surface area contributed by atoms with Crippen LogP contribution in [0.25, 0.3) is 47.8 Å². The fraction of sp³-hybridized carbons (Fsp3) is 0.0714. The average Bonchev–Trinajstić information content (AvgIpc) is 3.06. The van der Waals surface area contributed by atoms with Gasteiger partial charge in [0.05, 0.1) is 11.3 Å². The number of hydrogen-bond donors (Lipinski definition) is 1. The number of rotatable bonds is 2. The van der Waals surface area contributed by atoms with Crippen molar-refractivity contribution in [2.45, 2.75) is 13.8 Å². The number of aliphatic hydroxyl groups is 1. The molecule has 1 radical (unpaired) electrons. The van der Waals surface area contributed by atoms with Gasteiger partial charge in [0, 0.05) is 53.7 Å². The second-order valence-electron chi connectivity index (χ2n) is 7.78. The summed E-state index contributed by atoms with van der Waals surface area (Å²) in [5.41, 5.74) is 4.60. The maximum absolute atomic E-state index is 10.0. The van der Waals surface area contributed by atoms with Crippen LogP contribution in [0.15, 0.2) is 90.8 Å². The van der Waals surface area contributed by atoms with Crippen molar-refractivity contribution >= 4 is 59.2 Å². The molecule has 1 N–H and O–H groups in total. The standard InChI is InChI=1S/C23H13N2S.C5H8O2.Ir/c1-2-7-15(8-3-1)25-17-10-6-12-20-21(17)22-18(25)13-14-24-23(22)16-9-4-5-11-19(16)26-20;1-4(6)3-5(2)7;/h1-8,10-14H;3,6H,1-2H3;/q-1;;/b;4-3-;. The largest absolute Gasteiger partial charge is 0.512 e. The SMILES string of the molecule is CC(=O)/C=C(/C)O.[Ir].[c-]1cccc2sc3cccc4c3c3c(nccc3n4-c3ccccc3)c12. The molecular weight excluding hydrogens is 621 g/mol. The number of nitrogens with zero attached hydrogens (tertiary/aromatic N) is 2. The number of carbonyl (C=O) groups excluding carboxylic acids is 1. The number of carbonyl (C=O) groups is 1. The van der Waals surface area contributed by atoms with E-state index in [-0.39, 0.29) is 31.6 Å². The van der Waals surface area contributed by atoms with Gasteiger partial charge in [-0.25, -0.2) is 0 Å². The van der Waals surface area contributed by atoms with Gasteiger partial charge in [0.2, 0.25) is 0 Å². The Kier molecular flexibility index (Phi) is 6.94. The van der Waals surface area contributed by atoms with E-state index in [1.807, 2.05) is 18.3 Å². The summed E-state index contributed by atoms with van der Waals surface area (Å²) in [6, 6.07) is 28.8. The number of pyridine rings is 1. The summed E-state index contributed by atoms with van der Waals surface area (Å²) in [4.78, 5) is 14.8. The Hall–Kier alpha value is -3.31. The Morgan fingerprint density at radius 1 is 0.941 bits per heavy atom. The summed E-state index contributed by atoms with van der Waals surface area (Å²) in [7, 11) is 0. The summed E-state index contributed by atoms with van der Waals surface area (Å²) in [5, 5.41) is 12.0. The van der Waals surface area contributed by atoms with E-state index in [1.54, 1.807) is 11.3 Å². The summed E-state index contributed by atoms with van der Waals surface area (Å²) in [6.07, 6.45) is 3.08. The van der Waals surface area contributed by atoms with Crippen molar-refractivity contribution in [3.63, 3.8) is 0 Å². The van der Waals surface area contributed by atoms with Crippen molar-refractivity contribution in [3.8, 4) is 5.69 Å². The Bertz CT molecular complexity index is 1660. The van der Waals surface area contributed by atoms with Gasteiger partial charge >= 0.3 is 0 Å². The third kappa shape index (κ3) is 4.28. The van der Waals surface area contributed by atoms with Gasteiger partial charge in [0.25, 0.3) is 0 Å². The monoisotopic (exact) mass is 642 g/mol. The first-order chi connectivity index (χ1) is 16.0. The van der Waals surface area contributed by atoms with E-state index in [0.717, 1.165) is 10.9 Å². The first-order valence-corrected chi connectivity index (χ1v) is 11.4. The molecular formula is C28H21IrN2O2S-. The van der Waals surface area contributed by atoms with Crippen LogP contribution in [0.2, 0.25) is 0 Å². The fourth-order valence-electron chi connectivity index (χ4n) is 4.21. The molecule has 0 atom stereocenters. The number of benzene rings is 3. The summed E-state index contributed by atoms with van der Waals surface area (Å²) >= 11 is 1.81. The summed E-state index contributed by atoms with van der Waals surface area (Å²) in [5.74, 6) is -0.0625. The molecule has 3 aromatic heterocycles. The molecule has 3 aromatic carbocycles. The second-order valence-corrected chi connectivity index (χ2v) is 8.87. The Balaban J connectivity index is 0.000000303. The molecule has 6 heteroatoms. The van der Waals surface area contributed by atoms with E-state index >= 15 is 0 Å². The maximum Gasteiger partial charge on any atom is 0.155 e. The molecule has 0 bridgehead atoms. The molecule has 0 saturated heterocycles.